The number of piperazine rings is 1. The van der Waals surface area contributed by atoms with E-state index in [0.717, 1.165) is 29.8 Å². The van der Waals surface area contributed by atoms with E-state index in [2.05, 4.69) is 0 Å². The Bertz CT molecular complexity index is 921. The van der Waals surface area contributed by atoms with Crippen LogP contribution in [0.1, 0.15) is 39.9 Å². The Morgan fingerprint density at radius 3 is 2.50 bits per heavy atom. The predicted octanol–water partition coefficient (Wildman–Crippen LogP) is 2.34. The number of hydrogen-bond acceptors (Lipinski definition) is 3. The molecule has 30 heavy (non-hydrogen) atoms. The Morgan fingerprint density at radius 1 is 1.07 bits per heavy atom. The number of nitrogens with zero attached hydrogens (tertiary/aromatic N) is 1. The van der Waals surface area contributed by atoms with Gasteiger partial charge in [-0.05, 0) is 43.7 Å². The van der Waals surface area contributed by atoms with E-state index in [1.54, 1.807) is 13.2 Å². The van der Waals surface area contributed by atoms with E-state index in [4.69, 9.17) is 4.74 Å². The molecular weight excluding hydrogens is 383 g/mol. The summed E-state index contributed by atoms with van der Waals surface area (Å²) in [6, 6.07) is 10.4. The van der Waals surface area contributed by atoms with Crippen molar-refractivity contribution in [3.63, 3.8) is 0 Å². The quantitative estimate of drug-likeness (QED) is 0.709. The third-order valence-corrected chi connectivity index (χ3v) is 5.77. The van der Waals surface area contributed by atoms with Crippen LogP contribution >= 0.6 is 0 Å². The lowest BCUT2D eigenvalue weighted by Gasteiger charge is -2.32. The predicted molar refractivity (Wildman–Crippen MR) is 113 cm³/mol. The molecule has 0 spiro atoms. The monoisotopic (exact) mass is 413 g/mol. The number of hydrogen-bond donors (Lipinski definition) is 1. The Morgan fingerprint density at radius 2 is 1.80 bits per heavy atom. The van der Waals surface area contributed by atoms with Crippen LogP contribution in [0, 0.1) is 19.7 Å². The van der Waals surface area contributed by atoms with Crippen LogP contribution in [0.3, 0.4) is 0 Å². The number of aryl methyl sites for hydroxylation is 2. The average Bonchev–Trinajstić information content (AvgIpc) is 2.74. The summed E-state index contributed by atoms with van der Waals surface area (Å²) in [5.74, 6) is 0.461. The van der Waals surface area contributed by atoms with E-state index < -0.39 is 0 Å². The maximum atomic E-state index is 13.6. The molecule has 5 nitrogen and oxygen atoms in total. The molecule has 2 aromatic carbocycles. The highest BCUT2D eigenvalue weighted by Crippen LogP contribution is 2.18. The Balaban J connectivity index is 1.49. The molecule has 1 saturated heterocycles. The first kappa shape index (κ1) is 22.0. The molecule has 160 valence electrons. The maximum absolute atomic E-state index is 13.6. The van der Waals surface area contributed by atoms with Gasteiger partial charge in [-0.15, -0.1) is 0 Å². The molecule has 1 aliphatic rings. The fourth-order valence-corrected chi connectivity index (χ4v) is 3.95. The van der Waals surface area contributed by atoms with Crippen molar-refractivity contribution >= 4 is 11.7 Å². The van der Waals surface area contributed by atoms with Crippen LogP contribution < -0.4 is 9.64 Å². The molecule has 1 N–H and O–H groups in total. The number of quaternary nitrogens is 1. The van der Waals surface area contributed by atoms with E-state index in [0.29, 0.717) is 30.9 Å². The smallest absolute Gasteiger partial charge is 0.223 e. The van der Waals surface area contributed by atoms with Crippen LogP contribution in [0.4, 0.5) is 4.39 Å². The number of benzene rings is 2. The summed E-state index contributed by atoms with van der Waals surface area (Å²) in [6.45, 7) is 7.40. The normalized spacial score (nSPS) is 14.6. The van der Waals surface area contributed by atoms with Crippen molar-refractivity contribution in [3.05, 3.63) is 64.5 Å². The van der Waals surface area contributed by atoms with Crippen LogP contribution in [-0.2, 0) is 11.3 Å². The molecule has 0 bridgehead atoms. The second kappa shape index (κ2) is 9.85. The lowest BCUT2D eigenvalue weighted by atomic mass is 9.99. The second-order valence-electron chi connectivity index (χ2n) is 8.01. The number of methoxy groups -OCH3 is 1. The molecule has 0 radical (unpaired) electrons. The van der Waals surface area contributed by atoms with Gasteiger partial charge in [-0.1, -0.05) is 17.7 Å². The van der Waals surface area contributed by atoms with E-state index in [-0.39, 0.29) is 30.3 Å². The van der Waals surface area contributed by atoms with Crippen molar-refractivity contribution in [2.24, 2.45) is 0 Å². The second-order valence-corrected chi connectivity index (χ2v) is 8.01. The van der Waals surface area contributed by atoms with Crippen LogP contribution in [-0.4, -0.2) is 49.9 Å². The van der Waals surface area contributed by atoms with E-state index in [9.17, 15) is 14.0 Å². The minimum atomic E-state index is -0.271. The van der Waals surface area contributed by atoms with Crippen molar-refractivity contribution < 1.29 is 23.6 Å². The summed E-state index contributed by atoms with van der Waals surface area (Å²) in [5.41, 5.74) is 3.54. The standard InChI is InChI=1S/C24H29FN2O3/c1-17-4-5-18(2)21(14-17)22(28)7-9-24(29)27-12-10-26(11-13-27)16-19-15-20(25)6-8-23(19)30-3/h4-6,8,14-15H,7,9-13,16H2,1-3H3/p+1. The van der Waals surface area contributed by atoms with Crippen LogP contribution in [0.15, 0.2) is 36.4 Å². The molecule has 0 aromatic heterocycles. The number of carbonyl (C=O) groups is 2. The van der Waals surface area contributed by atoms with Crippen LogP contribution in [0.2, 0.25) is 0 Å². The molecule has 1 aliphatic heterocycles. The third-order valence-electron chi connectivity index (χ3n) is 5.77. The zero-order chi connectivity index (χ0) is 21.7. The molecule has 1 heterocycles. The number of ether oxygens (including phenoxy) is 1. The molecule has 2 aromatic rings. The summed E-state index contributed by atoms with van der Waals surface area (Å²) < 4.78 is 18.9. The van der Waals surface area contributed by atoms with Gasteiger partial charge in [0, 0.05) is 18.4 Å². The summed E-state index contributed by atoms with van der Waals surface area (Å²) in [6.07, 6.45) is 0.468. The van der Waals surface area contributed by atoms with Gasteiger partial charge in [0.1, 0.15) is 18.1 Å². The minimum absolute atomic E-state index is 0.0204. The lowest BCUT2D eigenvalue weighted by molar-refractivity contribution is -0.917. The first-order valence-corrected chi connectivity index (χ1v) is 10.4. The zero-order valence-electron chi connectivity index (χ0n) is 18.0. The van der Waals surface area contributed by atoms with Gasteiger partial charge in [0.25, 0.3) is 0 Å². The fourth-order valence-electron chi connectivity index (χ4n) is 3.95. The molecule has 1 amide bonds. The zero-order valence-corrected chi connectivity index (χ0v) is 18.0. The van der Waals surface area contributed by atoms with Crippen LogP contribution in [0.5, 0.6) is 5.75 Å². The molecule has 6 heteroatoms. The van der Waals surface area contributed by atoms with Gasteiger partial charge >= 0.3 is 0 Å². The molecule has 0 atom stereocenters. The number of nitrogens with one attached hydrogen (secondary N) is 1. The van der Waals surface area contributed by atoms with Crippen molar-refractivity contribution in [1.29, 1.82) is 0 Å². The highest BCUT2D eigenvalue weighted by molar-refractivity contribution is 5.99. The van der Waals surface area contributed by atoms with Gasteiger partial charge < -0.3 is 14.5 Å². The summed E-state index contributed by atoms with van der Waals surface area (Å²) in [4.78, 5) is 28.2. The number of halogens is 1. The maximum Gasteiger partial charge on any atom is 0.223 e. The van der Waals surface area contributed by atoms with Crippen LogP contribution in [0.25, 0.3) is 0 Å². The minimum Gasteiger partial charge on any atom is -0.496 e. The molecule has 1 fully saturated rings. The van der Waals surface area contributed by atoms with Crippen molar-refractivity contribution in [2.45, 2.75) is 33.2 Å². The Labute approximate surface area is 177 Å². The lowest BCUT2D eigenvalue weighted by Crippen LogP contribution is -3.13. The Hall–Kier alpha value is -2.73. The van der Waals surface area contributed by atoms with Gasteiger partial charge in [0.2, 0.25) is 5.91 Å². The van der Waals surface area contributed by atoms with Crippen molar-refractivity contribution in [2.75, 3.05) is 33.3 Å². The number of rotatable bonds is 7. The summed E-state index contributed by atoms with van der Waals surface area (Å²) >= 11 is 0. The molecule has 0 unspecified atom stereocenters. The van der Waals surface area contributed by atoms with Gasteiger partial charge in [-0.2, -0.15) is 0 Å². The van der Waals surface area contributed by atoms with Crippen molar-refractivity contribution in [3.8, 4) is 5.75 Å². The molecule has 0 aliphatic carbocycles. The SMILES string of the molecule is COc1ccc(F)cc1C[NH+]1CCN(C(=O)CCC(=O)c2cc(C)ccc2C)CC1. The largest absolute Gasteiger partial charge is 0.496 e. The van der Waals surface area contributed by atoms with Gasteiger partial charge in [0.05, 0.1) is 38.9 Å². The fraction of sp³-hybridized carbons (Fsp3) is 0.417. The van der Waals surface area contributed by atoms with Gasteiger partial charge in [0.15, 0.2) is 5.78 Å². The first-order valence-electron chi connectivity index (χ1n) is 10.4. The summed E-state index contributed by atoms with van der Waals surface area (Å²) in [5, 5.41) is 0. The molecule has 3 rings (SSSR count). The highest BCUT2D eigenvalue weighted by Gasteiger charge is 2.25. The van der Waals surface area contributed by atoms with Gasteiger partial charge in [-0.25, -0.2) is 4.39 Å². The number of amides is 1. The third kappa shape index (κ3) is 5.45. The number of Topliss-reactive ketones (excluding diaryl/α,β-unsaturated/α-hetero) is 1. The number of carbonyl (C=O) groups excluding carboxylic acids is 2. The van der Waals surface area contributed by atoms with Gasteiger partial charge in [-0.3, -0.25) is 9.59 Å². The first-order chi connectivity index (χ1) is 14.4. The van der Waals surface area contributed by atoms with E-state index in [1.165, 1.54) is 17.0 Å². The van der Waals surface area contributed by atoms with Crippen molar-refractivity contribution in [1.82, 2.24) is 4.90 Å². The molecular formula is C24H30FN2O3+. The highest BCUT2D eigenvalue weighted by atomic mass is 19.1. The van der Waals surface area contributed by atoms with E-state index in [1.807, 2.05) is 36.9 Å². The topological polar surface area (TPSA) is 51.1 Å². The summed E-state index contributed by atoms with van der Waals surface area (Å²) in [7, 11) is 1.59. The Kier molecular flexibility index (Phi) is 7.21. The average molecular weight is 414 g/mol. The molecule has 0 saturated carbocycles. The van der Waals surface area contributed by atoms with E-state index >= 15 is 0 Å². The number of ketones is 1.